The molecule has 0 saturated heterocycles. The van der Waals surface area contributed by atoms with Crippen LogP contribution < -0.4 is 5.32 Å². The summed E-state index contributed by atoms with van der Waals surface area (Å²) in [6.07, 6.45) is 5.44. The van der Waals surface area contributed by atoms with Crippen LogP contribution in [0, 0.1) is 5.92 Å². The molecule has 1 aromatic rings. The van der Waals surface area contributed by atoms with E-state index in [4.69, 9.17) is 0 Å². The van der Waals surface area contributed by atoms with E-state index in [0.717, 1.165) is 18.9 Å². The van der Waals surface area contributed by atoms with Gasteiger partial charge in [0.05, 0.1) is 0 Å². The minimum atomic E-state index is 1.04. The van der Waals surface area contributed by atoms with Crippen LogP contribution in [-0.4, -0.2) is 6.54 Å². The molecule has 1 aliphatic rings. The van der Waals surface area contributed by atoms with Gasteiger partial charge in [-0.3, -0.25) is 0 Å². The molecule has 0 radical (unpaired) electrons. The van der Waals surface area contributed by atoms with E-state index in [2.05, 4.69) is 36.5 Å². The number of benzene rings is 1. The Bertz CT molecular complexity index is 302. The van der Waals surface area contributed by atoms with Crippen LogP contribution in [0.4, 0.5) is 0 Å². The van der Waals surface area contributed by atoms with E-state index < -0.39 is 0 Å². The van der Waals surface area contributed by atoms with Crippen LogP contribution >= 0.6 is 0 Å². The average molecular weight is 203 g/mol. The van der Waals surface area contributed by atoms with Gasteiger partial charge in [0.15, 0.2) is 0 Å². The highest BCUT2D eigenvalue weighted by Crippen LogP contribution is 2.31. The van der Waals surface area contributed by atoms with E-state index in [1.807, 2.05) is 0 Å². The molecular formula is C14H21N. The van der Waals surface area contributed by atoms with Gasteiger partial charge in [-0.25, -0.2) is 0 Å². The molecule has 1 saturated carbocycles. The minimum Gasteiger partial charge on any atom is -0.313 e. The van der Waals surface area contributed by atoms with Crippen LogP contribution in [0.15, 0.2) is 24.3 Å². The zero-order chi connectivity index (χ0) is 10.5. The monoisotopic (exact) mass is 203 g/mol. The fourth-order valence-electron chi connectivity index (χ4n) is 2.01. The van der Waals surface area contributed by atoms with E-state index in [0.29, 0.717) is 0 Å². The van der Waals surface area contributed by atoms with Crippen LogP contribution in [0.2, 0.25) is 0 Å². The molecule has 15 heavy (non-hydrogen) atoms. The summed E-state index contributed by atoms with van der Waals surface area (Å²) in [6, 6.07) is 8.74. The van der Waals surface area contributed by atoms with Gasteiger partial charge in [-0.1, -0.05) is 44.0 Å². The summed E-state index contributed by atoms with van der Waals surface area (Å²) in [5.41, 5.74) is 2.95. The molecule has 1 aromatic carbocycles. The predicted octanol–water partition coefficient (Wildman–Crippen LogP) is 3.14. The van der Waals surface area contributed by atoms with Crippen LogP contribution in [0.25, 0.3) is 0 Å². The smallest absolute Gasteiger partial charge is 0.0208 e. The number of hydrogen-bond donors (Lipinski definition) is 1. The van der Waals surface area contributed by atoms with Gasteiger partial charge in [-0.2, -0.15) is 0 Å². The second kappa shape index (κ2) is 5.32. The zero-order valence-corrected chi connectivity index (χ0v) is 9.63. The molecule has 0 aliphatic heterocycles. The summed E-state index contributed by atoms with van der Waals surface area (Å²) in [6.45, 7) is 4.45. The van der Waals surface area contributed by atoms with E-state index in [-0.39, 0.29) is 0 Å². The van der Waals surface area contributed by atoms with Crippen LogP contribution in [-0.2, 0) is 13.0 Å². The minimum absolute atomic E-state index is 1.04. The predicted molar refractivity (Wildman–Crippen MR) is 64.9 cm³/mol. The third-order valence-corrected chi connectivity index (χ3v) is 3.24. The van der Waals surface area contributed by atoms with Gasteiger partial charge in [0.1, 0.15) is 0 Å². The van der Waals surface area contributed by atoms with Crippen molar-refractivity contribution in [1.82, 2.24) is 5.32 Å². The Kier molecular flexibility index (Phi) is 3.79. The highest BCUT2D eigenvalue weighted by molar-refractivity contribution is 5.26. The molecule has 0 amide bonds. The van der Waals surface area contributed by atoms with Crippen molar-refractivity contribution in [2.75, 3.05) is 6.54 Å². The van der Waals surface area contributed by atoms with Crippen molar-refractivity contribution >= 4 is 0 Å². The molecule has 0 aromatic heterocycles. The molecule has 1 aliphatic carbocycles. The van der Waals surface area contributed by atoms with Crippen molar-refractivity contribution in [3.8, 4) is 0 Å². The Morgan fingerprint density at radius 3 is 2.60 bits per heavy atom. The first-order chi connectivity index (χ1) is 7.40. The fourth-order valence-corrected chi connectivity index (χ4v) is 2.01. The van der Waals surface area contributed by atoms with Crippen molar-refractivity contribution in [3.05, 3.63) is 35.4 Å². The molecule has 0 heterocycles. The van der Waals surface area contributed by atoms with E-state index >= 15 is 0 Å². The Labute approximate surface area is 92.9 Å². The number of nitrogens with one attached hydrogen (secondary N) is 1. The number of rotatable bonds is 6. The summed E-state index contributed by atoms with van der Waals surface area (Å²) in [7, 11) is 0. The molecule has 0 spiro atoms. The second-order valence-electron chi connectivity index (χ2n) is 4.53. The lowest BCUT2D eigenvalue weighted by molar-refractivity contribution is 0.611. The van der Waals surface area contributed by atoms with Crippen molar-refractivity contribution in [3.63, 3.8) is 0 Å². The van der Waals surface area contributed by atoms with Gasteiger partial charge < -0.3 is 5.32 Å². The number of hydrogen-bond acceptors (Lipinski definition) is 1. The third-order valence-electron chi connectivity index (χ3n) is 3.24. The molecule has 0 unspecified atom stereocenters. The van der Waals surface area contributed by atoms with Crippen molar-refractivity contribution in [2.45, 2.75) is 39.2 Å². The molecular weight excluding hydrogens is 182 g/mol. The van der Waals surface area contributed by atoms with E-state index in [1.165, 1.54) is 36.9 Å². The summed E-state index contributed by atoms with van der Waals surface area (Å²) < 4.78 is 0. The Hall–Kier alpha value is -0.820. The standard InChI is InChI=1S/C14H21N/c1-2-13-5-3-4-6-14(13)11-15-10-9-12-7-8-12/h3-6,12,15H,2,7-11H2,1H3. The lowest BCUT2D eigenvalue weighted by atomic mass is 10.1. The molecule has 0 atom stereocenters. The summed E-state index contributed by atoms with van der Waals surface area (Å²) in [5.74, 6) is 1.04. The summed E-state index contributed by atoms with van der Waals surface area (Å²) in [5, 5.41) is 3.55. The van der Waals surface area contributed by atoms with Gasteiger partial charge in [0.2, 0.25) is 0 Å². The third kappa shape index (κ3) is 3.35. The highest BCUT2D eigenvalue weighted by Gasteiger charge is 2.19. The quantitative estimate of drug-likeness (QED) is 0.700. The first kappa shape index (κ1) is 10.7. The lowest BCUT2D eigenvalue weighted by Crippen LogP contribution is -2.16. The summed E-state index contributed by atoms with van der Waals surface area (Å²) >= 11 is 0. The van der Waals surface area contributed by atoms with Gasteiger partial charge >= 0.3 is 0 Å². The molecule has 0 bridgehead atoms. The molecule has 1 fully saturated rings. The zero-order valence-electron chi connectivity index (χ0n) is 9.63. The molecule has 1 N–H and O–H groups in total. The maximum absolute atomic E-state index is 3.55. The van der Waals surface area contributed by atoms with Crippen molar-refractivity contribution < 1.29 is 0 Å². The molecule has 1 heteroatoms. The van der Waals surface area contributed by atoms with E-state index in [9.17, 15) is 0 Å². The maximum Gasteiger partial charge on any atom is 0.0208 e. The van der Waals surface area contributed by atoms with Gasteiger partial charge in [0, 0.05) is 6.54 Å². The van der Waals surface area contributed by atoms with E-state index in [1.54, 1.807) is 0 Å². The van der Waals surface area contributed by atoms with Gasteiger partial charge in [-0.15, -0.1) is 0 Å². The van der Waals surface area contributed by atoms with Crippen LogP contribution in [0.5, 0.6) is 0 Å². The molecule has 82 valence electrons. The average Bonchev–Trinajstić information content (AvgIpc) is 3.09. The molecule has 2 rings (SSSR count). The fraction of sp³-hybridized carbons (Fsp3) is 0.571. The normalized spacial score (nSPS) is 15.5. The van der Waals surface area contributed by atoms with Crippen LogP contribution in [0.1, 0.15) is 37.3 Å². The Balaban J connectivity index is 1.75. The molecule has 1 nitrogen and oxygen atoms in total. The van der Waals surface area contributed by atoms with Crippen LogP contribution in [0.3, 0.4) is 0 Å². The van der Waals surface area contributed by atoms with Crippen molar-refractivity contribution in [2.24, 2.45) is 5.92 Å². The Morgan fingerprint density at radius 1 is 1.20 bits per heavy atom. The topological polar surface area (TPSA) is 12.0 Å². The van der Waals surface area contributed by atoms with Gasteiger partial charge in [-0.05, 0) is 36.4 Å². The first-order valence-corrected chi connectivity index (χ1v) is 6.17. The first-order valence-electron chi connectivity index (χ1n) is 6.17. The second-order valence-corrected chi connectivity index (χ2v) is 4.53. The van der Waals surface area contributed by atoms with Gasteiger partial charge in [0.25, 0.3) is 0 Å². The SMILES string of the molecule is CCc1ccccc1CNCCC1CC1. The largest absolute Gasteiger partial charge is 0.313 e. The highest BCUT2D eigenvalue weighted by atomic mass is 14.8. The summed E-state index contributed by atoms with van der Waals surface area (Å²) in [4.78, 5) is 0. The van der Waals surface area contributed by atoms with Crippen molar-refractivity contribution in [1.29, 1.82) is 0 Å². The number of aryl methyl sites for hydroxylation is 1. The maximum atomic E-state index is 3.55. The Morgan fingerprint density at radius 2 is 1.93 bits per heavy atom. The lowest BCUT2D eigenvalue weighted by Gasteiger charge is -2.08.